The molecule has 1 amide bonds. The SMILES string of the molecule is Cc1ccccc1CN(C[C@H]1CCCO1)C(=O)c1cccc(CCC(C)(C)O)c1. The first-order valence-electron chi connectivity index (χ1n) is 10.6. The van der Waals surface area contributed by atoms with Gasteiger partial charge in [-0.15, -0.1) is 0 Å². The number of nitrogens with zero attached hydrogens (tertiary/aromatic N) is 1. The van der Waals surface area contributed by atoms with Crippen LogP contribution >= 0.6 is 0 Å². The second-order valence-electron chi connectivity index (χ2n) is 8.76. The van der Waals surface area contributed by atoms with Gasteiger partial charge >= 0.3 is 0 Å². The highest BCUT2D eigenvalue weighted by Gasteiger charge is 2.24. The van der Waals surface area contributed by atoms with Gasteiger partial charge in [0.2, 0.25) is 0 Å². The molecule has 1 saturated heterocycles. The molecule has 1 N–H and O–H groups in total. The van der Waals surface area contributed by atoms with Gasteiger partial charge in [-0.2, -0.15) is 0 Å². The summed E-state index contributed by atoms with van der Waals surface area (Å²) in [5, 5.41) is 10.0. The summed E-state index contributed by atoms with van der Waals surface area (Å²) in [5.74, 6) is 0.0360. The Morgan fingerprint density at radius 1 is 1.21 bits per heavy atom. The van der Waals surface area contributed by atoms with Gasteiger partial charge in [-0.3, -0.25) is 4.79 Å². The Balaban J connectivity index is 1.79. The van der Waals surface area contributed by atoms with Gasteiger partial charge in [0, 0.05) is 25.3 Å². The van der Waals surface area contributed by atoms with Crippen molar-refractivity contribution in [1.82, 2.24) is 4.90 Å². The summed E-state index contributed by atoms with van der Waals surface area (Å²) in [6, 6.07) is 16.0. The van der Waals surface area contributed by atoms with Gasteiger partial charge < -0.3 is 14.7 Å². The lowest BCUT2D eigenvalue weighted by Crippen LogP contribution is -2.37. The van der Waals surface area contributed by atoms with Crippen LogP contribution in [-0.4, -0.2) is 40.8 Å². The zero-order valence-corrected chi connectivity index (χ0v) is 17.9. The summed E-state index contributed by atoms with van der Waals surface area (Å²) in [6.45, 7) is 7.69. The number of carbonyl (C=O) groups is 1. The maximum atomic E-state index is 13.4. The largest absolute Gasteiger partial charge is 0.390 e. The quantitative estimate of drug-likeness (QED) is 0.715. The Morgan fingerprint density at radius 2 is 2.00 bits per heavy atom. The average molecular weight is 396 g/mol. The van der Waals surface area contributed by atoms with E-state index >= 15 is 0 Å². The van der Waals surface area contributed by atoms with Crippen molar-refractivity contribution in [2.45, 2.75) is 64.7 Å². The fourth-order valence-electron chi connectivity index (χ4n) is 3.74. The first-order chi connectivity index (χ1) is 13.8. The Bertz CT molecular complexity index is 819. The minimum absolute atomic E-state index is 0.0360. The Morgan fingerprint density at radius 3 is 2.69 bits per heavy atom. The van der Waals surface area contributed by atoms with E-state index in [1.807, 2.05) is 55.1 Å². The number of carbonyl (C=O) groups excluding carboxylic acids is 1. The number of aliphatic hydroxyl groups is 1. The van der Waals surface area contributed by atoms with Crippen molar-refractivity contribution in [1.29, 1.82) is 0 Å². The third-order valence-corrected chi connectivity index (χ3v) is 5.56. The molecule has 0 saturated carbocycles. The van der Waals surface area contributed by atoms with Gasteiger partial charge in [0.15, 0.2) is 0 Å². The highest BCUT2D eigenvalue weighted by molar-refractivity contribution is 5.94. The highest BCUT2D eigenvalue weighted by atomic mass is 16.5. The number of hydrogen-bond acceptors (Lipinski definition) is 3. The molecule has 0 spiro atoms. The van der Waals surface area contributed by atoms with Crippen molar-refractivity contribution in [2.24, 2.45) is 0 Å². The van der Waals surface area contributed by atoms with Gasteiger partial charge in [-0.05, 0) is 75.3 Å². The summed E-state index contributed by atoms with van der Waals surface area (Å²) in [6.07, 6.45) is 3.58. The van der Waals surface area contributed by atoms with Crippen LogP contribution in [0.5, 0.6) is 0 Å². The van der Waals surface area contributed by atoms with Crippen molar-refractivity contribution in [3.63, 3.8) is 0 Å². The van der Waals surface area contributed by atoms with Crippen molar-refractivity contribution < 1.29 is 14.6 Å². The zero-order valence-electron chi connectivity index (χ0n) is 17.9. The lowest BCUT2D eigenvalue weighted by molar-refractivity contribution is 0.0507. The highest BCUT2D eigenvalue weighted by Crippen LogP contribution is 2.20. The molecule has 3 rings (SSSR count). The Kier molecular flexibility index (Phi) is 7.09. The van der Waals surface area contributed by atoms with Gasteiger partial charge in [0.1, 0.15) is 0 Å². The van der Waals surface area contributed by atoms with Crippen LogP contribution in [0.3, 0.4) is 0 Å². The molecule has 1 heterocycles. The van der Waals surface area contributed by atoms with Crippen LogP contribution in [0, 0.1) is 6.92 Å². The van der Waals surface area contributed by atoms with Crippen LogP contribution in [0.1, 0.15) is 60.2 Å². The summed E-state index contributed by atoms with van der Waals surface area (Å²) in [5.41, 5.74) is 3.42. The molecule has 1 aliphatic rings. The van der Waals surface area contributed by atoms with Crippen LogP contribution in [0.2, 0.25) is 0 Å². The van der Waals surface area contributed by atoms with E-state index in [1.54, 1.807) is 0 Å². The van der Waals surface area contributed by atoms with E-state index in [2.05, 4.69) is 19.1 Å². The monoisotopic (exact) mass is 395 g/mol. The predicted octanol–water partition coefficient (Wildman–Crippen LogP) is 4.52. The molecule has 0 unspecified atom stereocenters. The number of amides is 1. The number of hydrogen-bond donors (Lipinski definition) is 1. The molecule has 1 aliphatic heterocycles. The molecule has 1 fully saturated rings. The molecule has 2 aromatic carbocycles. The van der Waals surface area contributed by atoms with Crippen LogP contribution in [0.4, 0.5) is 0 Å². The number of rotatable bonds is 8. The van der Waals surface area contributed by atoms with E-state index in [0.717, 1.165) is 37.0 Å². The summed E-state index contributed by atoms with van der Waals surface area (Å²) in [4.78, 5) is 15.3. The van der Waals surface area contributed by atoms with E-state index in [0.29, 0.717) is 25.1 Å². The Hall–Kier alpha value is -2.17. The minimum Gasteiger partial charge on any atom is -0.390 e. The van der Waals surface area contributed by atoms with E-state index < -0.39 is 5.60 Å². The first kappa shape index (κ1) is 21.5. The van der Waals surface area contributed by atoms with Crippen molar-refractivity contribution >= 4 is 5.91 Å². The first-order valence-corrected chi connectivity index (χ1v) is 10.6. The molecule has 4 nitrogen and oxygen atoms in total. The van der Waals surface area contributed by atoms with E-state index in [1.165, 1.54) is 5.56 Å². The van der Waals surface area contributed by atoms with E-state index in [4.69, 9.17) is 4.74 Å². The fraction of sp³-hybridized carbons (Fsp3) is 0.480. The topological polar surface area (TPSA) is 49.8 Å². The summed E-state index contributed by atoms with van der Waals surface area (Å²) < 4.78 is 5.82. The Labute approximate surface area is 174 Å². The van der Waals surface area contributed by atoms with E-state index in [9.17, 15) is 9.90 Å². The second-order valence-corrected chi connectivity index (χ2v) is 8.76. The maximum absolute atomic E-state index is 13.4. The molecular weight excluding hydrogens is 362 g/mol. The summed E-state index contributed by atoms with van der Waals surface area (Å²) >= 11 is 0. The lowest BCUT2D eigenvalue weighted by atomic mass is 9.97. The molecule has 0 aliphatic carbocycles. The summed E-state index contributed by atoms with van der Waals surface area (Å²) in [7, 11) is 0. The molecule has 2 aromatic rings. The second kappa shape index (κ2) is 9.55. The van der Waals surface area contributed by atoms with Gasteiger partial charge in [-0.1, -0.05) is 36.4 Å². The number of benzene rings is 2. The molecule has 1 atom stereocenters. The average Bonchev–Trinajstić information content (AvgIpc) is 3.20. The van der Waals surface area contributed by atoms with Crippen LogP contribution < -0.4 is 0 Å². The number of aryl methyl sites for hydroxylation is 2. The molecule has 29 heavy (non-hydrogen) atoms. The fourth-order valence-corrected chi connectivity index (χ4v) is 3.74. The molecule has 0 aromatic heterocycles. The van der Waals surface area contributed by atoms with Crippen molar-refractivity contribution in [3.8, 4) is 0 Å². The standard InChI is InChI=1S/C25H33NO3/c1-19-8-4-5-10-22(19)17-26(18-23-12-7-15-29-23)24(27)21-11-6-9-20(16-21)13-14-25(2,3)28/h4-6,8-11,16,23,28H,7,12-15,17-18H2,1-3H3/t23-/m1/s1. The third kappa shape index (κ3) is 6.41. The minimum atomic E-state index is -0.712. The molecular formula is C25H33NO3. The number of ether oxygens (including phenoxy) is 1. The van der Waals surface area contributed by atoms with Crippen LogP contribution in [-0.2, 0) is 17.7 Å². The van der Waals surface area contributed by atoms with Gasteiger partial charge in [-0.25, -0.2) is 0 Å². The molecule has 156 valence electrons. The normalized spacial score (nSPS) is 16.8. The molecule has 0 bridgehead atoms. The lowest BCUT2D eigenvalue weighted by Gasteiger charge is -2.26. The zero-order chi connectivity index (χ0) is 20.9. The predicted molar refractivity (Wildman–Crippen MR) is 116 cm³/mol. The third-order valence-electron chi connectivity index (χ3n) is 5.56. The van der Waals surface area contributed by atoms with Crippen LogP contribution in [0.15, 0.2) is 48.5 Å². The smallest absolute Gasteiger partial charge is 0.254 e. The molecule has 0 radical (unpaired) electrons. The van der Waals surface area contributed by atoms with Crippen LogP contribution in [0.25, 0.3) is 0 Å². The molecule has 4 heteroatoms. The van der Waals surface area contributed by atoms with Gasteiger partial charge in [0.05, 0.1) is 11.7 Å². The van der Waals surface area contributed by atoms with Crippen molar-refractivity contribution in [3.05, 3.63) is 70.8 Å². The van der Waals surface area contributed by atoms with E-state index in [-0.39, 0.29) is 12.0 Å². The van der Waals surface area contributed by atoms with Crippen molar-refractivity contribution in [2.75, 3.05) is 13.2 Å². The van der Waals surface area contributed by atoms with Gasteiger partial charge in [0.25, 0.3) is 5.91 Å². The maximum Gasteiger partial charge on any atom is 0.254 e.